The Morgan fingerprint density at radius 2 is 1.86 bits per heavy atom. The summed E-state index contributed by atoms with van der Waals surface area (Å²) in [5.74, 6) is 0.475. The van der Waals surface area contributed by atoms with Gasteiger partial charge in [-0.15, -0.1) is 0 Å². The van der Waals surface area contributed by atoms with Gasteiger partial charge in [0, 0.05) is 7.05 Å². The van der Waals surface area contributed by atoms with Crippen LogP contribution in [0, 0.1) is 17.2 Å². The number of hydrogen-bond acceptors (Lipinski definition) is 3. The molecule has 0 aromatic carbocycles. The smallest absolute Gasteiger partial charge is 0.212 e. The zero-order chi connectivity index (χ0) is 11.4. The maximum Gasteiger partial charge on any atom is 0.215 e. The third kappa shape index (κ3) is 4.07. The van der Waals surface area contributed by atoms with Gasteiger partial charge >= 0.3 is 0 Å². The van der Waals surface area contributed by atoms with Crippen LogP contribution >= 0.6 is 0 Å². The van der Waals surface area contributed by atoms with Crippen LogP contribution in [-0.4, -0.2) is 31.6 Å². The first kappa shape index (κ1) is 13.4. The molecule has 0 N–H and O–H groups in total. The first-order chi connectivity index (χ1) is 6.31. The van der Waals surface area contributed by atoms with Gasteiger partial charge in [0.2, 0.25) is 10.0 Å². The minimum Gasteiger partial charge on any atom is -0.212 e. The Morgan fingerprint density at radius 3 is 2.21 bits per heavy atom. The normalized spacial score (nSPS) is 14.4. The van der Waals surface area contributed by atoms with E-state index >= 15 is 0 Å². The predicted octanol–water partition coefficient (Wildman–Crippen LogP) is 1.21. The third-order valence-corrected chi connectivity index (χ3v) is 4.07. The van der Waals surface area contributed by atoms with Crippen molar-refractivity contribution in [3.8, 4) is 6.07 Å². The van der Waals surface area contributed by atoms with E-state index in [2.05, 4.69) is 0 Å². The van der Waals surface area contributed by atoms with E-state index in [1.807, 2.05) is 19.9 Å². The van der Waals surface area contributed by atoms with Gasteiger partial charge in [-0.2, -0.15) is 9.57 Å². The van der Waals surface area contributed by atoms with Crippen molar-refractivity contribution in [3.05, 3.63) is 0 Å². The average Bonchev–Trinajstić information content (AvgIpc) is 2.12. The standard InChI is InChI=1S/C9H18N2O2S/c1-8(2)5-6-14(12,13)11(4)9(3)7-10/h8-9H,5-6H2,1-4H3. The van der Waals surface area contributed by atoms with Crippen LogP contribution in [0.2, 0.25) is 0 Å². The third-order valence-electron chi connectivity index (χ3n) is 2.12. The number of nitrogens with zero attached hydrogens (tertiary/aromatic N) is 2. The van der Waals surface area contributed by atoms with Crippen molar-refractivity contribution >= 4 is 10.0 Å². The number of nitriles is 1. The van der Waals surface area contributed by atoms with E-state index in [1.54, 1.807) is 6.92 Å². The molecule has 0 aromatic heterocycles. The van der Waals surface area contributed by atoms with Crippen LogP contribution in [0.25, 0.3) is 0 Å². The lowest BCUT2D eigenvalue weighted by molar-refractivity contribution is 0.437. The molecule has 0 aromatic rings. The highest BCUT2D eigenvalue weighted by molar-refractivity contribution is 7.89. The van der Waals surface area contributed by atoms with Crippen molar-refractivity contribution in [2.45, 2.75) is 33.2 Å². The molecule has 0 rings (SSSR count). The van der Waals surface area contributed by atoms with Crippen molar-refractivity contribution in [1.29, 1.82) is 5.26 Å². The minimum absolute atomic E-state index is 0.118. The Balaban J connectivity index is 4.41. The van der Waals surface area contributed by atoms with Gasteiger partial charge in [-0.3, -0.25) is 0 Å². The molecule has 0 saturated heterocycles. The van der Waals surface area contributed by atoms with Crippen molar-refractivity contribution < 1.29 is 8.42 Å². The Morgan fingerprint density at radius 1 is 1.36 bits per heavy atom. The van der Waals surface area contributed by atoms with Gasteiger partial charge in [0.25, 0.3) is 0 Å². The van der Waals surface area contributed by atoms with Gasteiger partial charge in [0.15, 0.2) is 0 Å². The van der Waals surface area contributed by atoms with E-state index in [0.717, 1.165) is 4.31 Å². The molecule has 0 aliphatic rings. The largest absolute Gasteiger partial charge is 0.215 e. The average molecular weight is 218 g/mol. The Labute approximate surface area is 86.6 Å². The maximum atomic E-state index is 11.6. The van der Waals surface area contributed by atoms with Crippen LogP contribution in [0.1, 0.15) is 27.2 Å². The second-order valence-corrected chi connectivity index (χ2v) is 5.97. The first-order valence-corrected chi connectivity index (χ1v) is 6.27. The van der Waals surface area contributed by atoms with Crippen molar-refractivity contribution in [2.75, 3.05) is 12.8 Å². The van der Waals surface area contributed by atoms with Crippen molar-refractivity contribution in [3.63, 3.8) is 0 Å². The molecule has 0 aliphatic carbocycles. The zero-order valence-electron chi connectivity index (χ0n) is 9.19. The number of rotatable bonds is 5. The molecule has 0 aliphatic heterocycles. The molecule has 1 atom stereocenters. The van der Waals surface area contributed by atoms with E-state index in [1.165, 1.54) is 7.05 Å². The van der Waals surface area contributed by atoms with Gasteiger partial charge in [-0.05, 0) is 19.3 Å². The van der Waals surface area contributed by atoms with E-state index in [9.17, 15) is 8.42 Å². The summed E-state index contributed by atoms with van der Waals surface area (Å²) in [5, 5.41) is 8.59. The maximum absolute atomic E-state index is 11.6. The fraction of sp³-hybridized carbons (Fsp3) is 0.889. The topological polar surface area (TPSA) is 61.2 Å². The molecule has 0 bridgehead atoms. The van der Waals surface area contributed by atoms with Crippen LogP contribution in [-0.2, 0) is 10.0 Å². The lowest BCUT2D eigenvalue weighted by Gasteiger charge is -2.19. The highest BCUT2D eigenvalue weighted by Gasteiger charge is 2.22. The minimum atomic E-state index is -3.26. The van der Waals surface area contributed by atoms with E-state index < -0.39 is 16.1 Å². The molecule has 0 saturated carbocycles. The Hall–Kier alpha value is -0.600. The summed E-state index contributed by atoms with van der Waals surface area (Å²) in [5.41, 5.74) is 0. The van der Waals surface area contributed by atoms with Gasteiger partial charge in [0.1, 0.15) is 6.04 Å². The molecule has 0 spiro atoms. The molecule has 14 heavy (non-hydrogen) atoms. The molecule has 0 fully saturated rings. The van der Waals surface area contributed by atoms with Gasteiger partial charge in [-0.25, -0.2) is 8.42 Å². The van der Waals surface area contributed by atoms with Crippen LogP contribution in [0.5, 0.6) is 0 Å². The van der Waals surface area contributed by atoms with Crippen LogP contribution in [0.4, 0.5) is 0 Å². The first-order valence-electron chi connectivity index (χ1n) is 4.66. The Bertz CT molecular complexity index is 303. The van der Waals surface area contributed by atoms with Gasteiger partial charge in [0.05, 0.1) is 11.8 Å². The van der Waals surface area contributed by atoms with Crippen molar-refractivity contribution in [1.82, 2.24) is 4.31 Å². The highest BCUT2D eigenvalue weighted by atomic mass is 32.2. The molecular weight excluding hydrogens is 200 g/mol. The summed E-state index contributed by atoms with van der Waals surface area (Å²) < 4.78 is 24.4. The fourth-order valence-electron chi connectivity index (χ4n) is 0.851. The van der Waals surface area contributed by atoms with Crippen LogP contribution < -0.4 is 0 Å². The summed E-state index contributed by atoms with van der Waals surface area (Å²) in [6.07, 6.45) is 0.630. The molecule has 4 nitrogen and oxygen atoms in total. The lowest BCUT2D eigenvalue weighted by atomic mass is 10.2. The molecule has 5 heteroatoms. The highest BCUT2D eigenvalue weighted by Crippen LogP contribution is 2.09. The summed E-state index contributed by atoms with van der Waals surface area (Å²) >= 11 is 0. The predicted molar refractivity (Wildman–Crippen MR) is 56.1 cm³/mol. The summed E-state index contributed by atoms with van der Waals surface area (Å²) in [6, 6.07) is 1.31. The summed E-state index contributed by atoms with van der Waals surface area (Å²) in [7, 11) is -1.81. The molecule has 0 heterocycles. The van der Waals surface area contributed by atoms with Crippen LogP contribution in [0.15, 0.2) is 0 Å². The quantitative estimate of drug-likeness (QED) is 0.696. The summed E-state index contributed by atoms with van der Waals surface area (Å²) in [6.45, 7) is 5.53. The Kier molecular flexibility index (Phi) is 5.09. The lowest BCUT2D eigenvalue weighted by Crippen LogP contribution is -2.36. The number of sulfonamides is 1. The second-order valence-electron chi connectivity index (χ2n) is 3.82. The molecule has 1 unspecified atom stereocenters. The van der Waals surface area contributed by atoms with Crippen molar-refractivity contribution in [2.24, 2.45) is 5.92 Å². The SMILES string of the molecule is CC(C)CCS(=O)(=O)N(C)C(C)C#N. The van der Waals surface area contributed by atoms with E-state index in [4.69, 9.17) is 5.26 Å². The molecular formula is C9H18N2O2S. The monoisotopic (exact) mass is 218 g/mol. The van der Waals surface area contributed by atoms with Gasteiger partial charge in [-0.1, -0.05) is 13.8 Å². The molecule has 82 valence electrons. The van der Waals surface area contributed by atoms with Gasteiger partial charge < -0.3 is 0 Å². The molecule has 0 radical (unpaired) electrons. The number of hydrogen-bond donors (Lipinski definition) is 0. The zero-order valence-corrected chi connectivity index (χ0v) is 10.0. The van der Waals surface area contributed by atoms with E-state index in [-0.39, 0.29) is 5.75 Å². The second kappa shape index (κ2) is 5.32. The fourth-order valence-corrected chi connectivity index (χ4v) is 2.44. The van der Waals surface area contributed by atoms with E-state index in [0.29, 0.717) is 12.3 Å². The van der Waals surface area contributed by atoms with Crippen LogP contribution in [0.3, 0.4) is 0 Å². The molecule has 0 amide bonds. The summed E-state index contributed by atoms with van der Waals surface area (Å²) in [4.78, 5) is 0.